The molecule has 0 fully saturated rings. The lowest BCUT2D eigenvalue weighted by atomic mass is 10.3. The molecule has 0 saturated heterocycles. The summed E-state index contributed by atoms with van der Waals surface area (Å²) in [6.07, 6.45) is 0. The molecule has 24 heavy (non-hydrogen) atoms. The quantitative estimate of drug-likeness (QED) is 0.874. The Balaban J connectivity index is 1.54. The Kier molecular flexibility index (Phi) is 5.38. The molecule has 5 nitrogen and oxygen atoms in total. The fourth-order valence-electron chi connectivity index (χ4n) is 2.15. The average Bonchev–Trinajstić information content (AvgIpc) is 3.10. The predicted octanol–water partition coefficient (Wildman–Crippen LogP) is 3.50. The molecule has 124 valence electrons. The third kappa shape index (κ3) is 4.52. The second-order valence-electron chi connectivity index (χ2n) is 5.30. The van der Waals surface area contributed by atoms with Crippen LogP contribution in [0.4, 0.5) is 5.69 Å². The molecular formula is C18H19N3O2S. The van der Waals surface area contributed by atoms with E-state index >= 15 is 0 Å². The zero-order valence-electron chi connectivity index (χ0n) is 13.4. The van der Waals surface area contributed by atoms with Crippen molar-refractivity contribution in [3.05, 3.63) is 54.6 Å². The number of aliphatic imine (C=N–C) groups is 1. The minimum absolute atomic E-state index is 0.0480. The molecule has 0 bridgehead atoms. The molecule has 0 radical (unpaired) electrons. The Morgan fingerprint density at radius 2 is 1.88 bits per heavy atom. The third-order valence-electron chi connectivity index (χ3n) is 3.40. The van der Waals surface area contributed by atoms with E-state index in [1.165, 1.54) is 11.8 Å². The summed E-state index contributed by atoms with van der Waals surface area (Å²) in [5, 5.41) is 6.69. The van der Waals surface area contributed by atoms with Crippen molar-refractivity contribution in [2.45, 2.75) is 12.2 Å². The van der Waals surface area contributed by atoms with Crippen molar-refractivity contribution in [2.75, 3.05) is 18.4 Å². The van der Waals surface area contributed by atoms with Gasteiger partial charge in [0.05, 0.1) is 11.8 Å². The van der Waals surface area contributed by atoms with Gasteiger partial charge in [-0.1, -0.05) is 30.0 Å². The third-order valence-corrected chi connectivity index (χ3v) is 4.47. The number of thioether (sulfide) groups is 1. The standard InChI is InChI=1S/C18H19N3O2S/c1-13(24-18-19-11-12-20-18)17(22)21-14-7-9-16(10-8-14)23-15-5-3-2-4-6-15/h2-10,13H,11-12H2,1H3,(H,19,20)(H,21,22). The van der Waals surface area contributed by atoms with Gasteiger partial charge in [0, 0.05) is 12.2 Å². The van der Waals surface area contributed by atoms with E-state index in [1.807, 2.05) is 61.5 Å². The number of hydrogen-bond acceptors (Lipinski definition) is 5. The molecule has 1 atom stereocenters. The van der Waals surface area contributed by atoms with E-state index in [0.717, 1.165) is 35.4 Å². The summed E-state index contributed by atoms with van der Waals surface area (Å²) in [6, 6.07) is 16.9. The van der Waals surface area contributed by atoms with Gasteiger partial charge in [-0.15, -0.1) is 0 Å². The molecule has 0 saturated carbocycles. The lowest BCUT2D eigenvalue weighted by Gasteiger charge is -2.12. The van der Waals surface area contributed by atoms with E-state index in [0.29, 0.717) is 0 Å². The largest absolute Gasteiger partial charge is 0.457 e. The van der Waals surface area contributed by atoms with E-state index in [9.17, 15) is 4.79 Å². The maximum absolute atomic E-state index is 12.2. The maximum Gasteiger partial charge on any atom is 0.237 e. The van der Waals surface area contributed by atoms with Crippen molar-refractivity contribution in [3.8, 4) is 11.5 Å². The van der Waals surface area contributed by atoms with Crippen LogP contribution in [0.2, 0.25) is 0 Å². The van der Waals surface area contributed by atoms with Gasteiger partial charge < -0.3 is 15.4 Å². The number of para-hydroxylation sites is 1. The van der Waals surface area contributed by atoms with Gasteiger partial charge >= 0.3 is 0 Å². The molecule has 1 aliphatic heterocycles. The number of carbonyl (C=O) groups excluding carboxylic acids is 1. The highest BCUT2D eigenvalue weighted by atomic mass is 32.2. The monoisotopic (exact) mass is 341 g/mol. The minimum atomic E-state index is -0.213. The van der Waals surface area contributed by atoms with Gasteiger partial charge in [0.2, 0.25) is 5.91 Å². The Bertz CT molecular complexity index is 717. The van der Waals surface area contributed by atoms with Crippen LogP contribution in [0.25, 0.3) is 0 Å². The van der Waals surface area contributed by atoms with Gasteiger partial charge in [-0.3, -0.25) is 9.79 Å². The number of ether oxygens (including phenoxy) is 1. The summed E-state index contributed by atoms with van der Waals surface area (Å²) in [5.74, 6) is 1.46. The molecule has 1 amide bonds. The van der Waals surface area contributed by atoms with E-state index in [2.05, 4.69) is 15.6 Å². The average molecular weight is 341 g/mol. The van der Waals surface area contributed by atoms with Crippen LogP contribution in [0.5, 0.6) is 11.5 Å². The summed E-state index contributed by atoms with van der Waals surface area (Å²) < 4.78 is 5.73. The van der Waals surface area contributed by atoms with Crippen molar-refractivity contribution >= 4 is 28.5 Å². The first kappa shape index (κ1) is 16.4. The van der Waals surface area contributed by atoms with Crippen LogP contribution < -0.4 is 15.4 Å². The highest BCUT2D eigenvalue weighted by molar-refractivity contribution is 8.14. The Labute approximate surface area is 145 Å². The van der Waals surface area contributed by atoms with E-state index in [-0.39, 0.29) is 11.2 Å². The Hall–Kier alpha value is -2.47. The van der Waals surface area contributed by atoms with Crippen molar-refractivity contribution in [2.24, 2.45) is 4.99 Å². The first-order valence-corrected chi connectivity index (χ1v) is 8.67. The topological polar surface area (TPSA) is 62.7 Å². The van der Waals surface area contributed by atoms with Gasteiger partial charge in [0.15, 0.2) is 5.17 Å². The molecule has 1 unspecified atom stereocenters. The zero-order chi connectivity index (χ0) is 16.8. The fraction of sp³-hybridized carbons (Fsp3) is 0.222. The first-order chi connectivity index (χ1) is 11.7. The van der Waals surface area contributed by atoms with Gasteiger partial charge in [0.25, 0.3) is 0 Å². The fourth-order valence-corrected chi connectivity index (χ4v) is 3.00. The number of hydrogen-bond donors (Lipinski definition) is 2. The maximum atomic E-state index is 12.2. The summed E-state index contributed by atoms with van der Waals surface area (Å²) in [4.78, 5) is 16.5. The van der Waals surface area contributed by atoms with Crippen molar-refractivity contribution in [1.82, 2.24) is 5.32 Å². The normalized spacial score (nSPS) is 14.5. The van der Waals surface area contributed by atoms with Crippen LogP contribution in [-0.2, 0) is 4.79 Å². The highest BCUT2D eigenvalue weighted by Crippen LogP contribution is 2.23. The van der Waals surface area contributed by atoms with Gasteiger partial charge in [-0.25, -0.2) is 0 Å². The molecule has 2 aromatic rings. The zero-order valence-corrected chi connectivity index (χ0v) is 14.2. The van der Waals surface area contributed by atoms with Crippen molar-refractivity contribution in [1.29, 1.82) is 0 Å². The molecule has 1 aliphatic rings. The van der Waals surface area contributed by atoms with Crippen molar-refractivity contribution < 1.29 is 9.53 Å². The van der Waals surface area contributed by atoms with Crippen LogP contribution in [0, 0.1) is 0 Å². The molecule has 2 aromatic carbocycles. The van der Waals surface area contributed by atoms with Crippen LogP contribution in [0.1, 0.15) is 6.92 Å². The summed E-state index contributed by atoms with van der Waals surface area (Å²) in [5.41, 5.74) is 0.745. The number of benzene rings is 2. The lowest BCUT2D eigenvalue weighted by molar-refractivity contribution is -0.115. The number of amides is 1. The first-order valence-electron chi connectivity index (χ1n) is 7.79. The molecule has 0 aliphatic carbocycles. The van der Waals surface area contributed by atoms with E-state index < -0.39 is 0 Å². The number of nitrogens with zero attached hydrogens (tertiary/aromatic N) is 1. The number of rotatable bonds is 5. The van der Waals surface area contributed by atoms with Crippen LogP contribution >= 0.6 is 11.8 Å². The smallest absolute Gasteiger partial charge is 0.237 e. The second-order valence-corrected chi connectivity index (χ2v) is 6.63. The second kappa shape index (κ2) is 7.88. The van der Waals surface area contributed by atoms with E-state index in [4.69, 9.17) is 4.74 Å². The summed E-state index contributed by atoms with van der Waals surface area (Å²) in [6.45, 7) is 3.49. The Morgan fingerprint density at radius 1 is 1.17 bits per heavy atom. The predicted molar refractivity (Wildman–Crippen MR) is 98.9 cm³/mol. The molecule has 1 heterocycles. The number of carbonyl (C=O) groups is 1. The van der Waals surface area contributed by atoms with Crippen LogP contribution in [0.3, 0.4) is 0 Å². The van der Waals surface area contributed by atoms with E-state index in [1.54, 1.807) is 0 Å². The molecule has 2 N–H and O–H groups in total. The molecule has 0 spiro atoms. The Morgan fingerprint density at radius 3 is 2.54 bits per heavy atom. The summed E-state index contributed by atoms with van der Waals surface area (Å²) in [7, 11) is 0. The van der Waals surface area contributed by atoms with Crippen molar-refractivity contribution in [3.63, 3.8) is 0 Å². The number of anilines is 1. The molecule has 6 heteroatoms. The summed E-state index contributed by atoms with van der Waals surface area (Å²) >= 11 is 1.44. The number of nitrogens with one attached hydrogen (secondary N) is 2. The molecule has 3 rings (SSSR count). The highest BCUT2D eigenvalue weighted by Gasteiger charge is 2.18. The molecular weight excluding hydrogens is 322 g/mol. The van der Waals surface area contributed by atoms with Crippen LogP contribution in [0.15, 0.2) is 59.6 Å². The van der Waals surface area contributed by atoms with Gasteiger partial charge in [0.1, 0.15) is 11.5 Å². The molecule has 0 aromatic heterocycles. The van der Waals surface area contributed by atoms with Crippen LogP contribution in [-0.4, -0.2) is 29.4 Å². The minimum Gasteiger partial charge on any atom is -0.457 e. The number of amidine groups is 1. The SMILES string of the molecule is CC(SC1=NCCN1)C(=O)Nc1ccc(Oc2ccccc2)cc1. The van der Waals surface area contributed by atoms with Gasteiger partial charge in [-0.2, -0.15) is 0 Å². The lowest BCUT2D eigenvalue weighted by Crippen LogP contribution is -2.26. The van der Waals surface area contributed by atoms with Gasteiger partial charge in [-0.05, 0) is 43.3 Å².